The molecule has 1 aromatic heterocycles. The van der Waals surface area contributed by atoms with E-state index in [4.69, 9.17) is 10.2 Å². The molecule has 0 bridgehead atoms. The molecule has 0 radical (unpaired) electrons. The minimum atomic E-state index is -3.47. The van der Waals surface area contributed by atoms with Gasteiger partial charge in [-0.3, -0.25) is 9.78 Å². The summed E-state index contributed by atoms with van der Waals surface area (Å²) < 4.78 is 30.0. The van der Waals surface area contributed by atoms with E-state index in [0.717, 1.165) is 30.5 Å². The zero-order chi connectivity index (χ0) is 18.9. The highest BCUT2D eigenvalue weighted by Gasteiger charge is 2.37. The number of carboxylic acids is 2. The van der Waals surface area contributed by atoms with Gasteiger partial charge < -0.3 is 10.2 Å². The van der Waals surface area contributed by atoms with Gasteiger partial charge in [0.1, 0.15) is 5.69 Å². The first-order valence-electron chi connectivity index (χ1n) is 7.61. The maximum Gasteiger partial charge on any atom is 0.335 e. The Balaban J connectivity index is 2.14. The standard InChI is InChI=1S/C19H13F2NO4/c20-19(21,13-7-5-11(6-8-13)18(25)26)17-15-4-2-1-3-14(15)12(10-22-17)9-16(23)24/h1-8,10H,9H2,(H,23,24)(H,25,26). The monoisotopic (exact) mass is 357 g/mol. The van der Waals surface area contributed by atoms with Crippen molar-refractivity contribution in [2.75, 3.05) is 0 Å². The molecule has 2 N–H and O–H groups in total. The Morgan fingerprint density at radius 1 is 0.962 bits per heavy atom. The van der Waals surface area contributed by atoms with Crippen LogP contribution in [0.2, 0.25) is 0 Å². The minimum Gasteiger partial charge on any atom is -0.481 e. The van der Waals surface area contributed by atoms with Crippen molar-refractivity contribution in [3.8, 4) is 0 Å². The van der Waals surface area contributed by atoms with Crippen LogP contribution in [0, 0.1) is 0 Å². The number of benzene rings is 2. The summed E-state index contributed by atoms with van der Waals surface area (Å²) >= 11 is 0. The number of aromatic carboxylic acids is 1. The van der Waals surface area contributed by atoms with Crippen LogP contribution in [-0.2, 0) is 17.1 Å². The molecule has 0 fully saturated rings. The number of carboxylic acid groups (broad SMARTS) is 2. The zero-order valence-electron chi connectivity index (χ0n) is 13.3. The summed E-state index contributed by atoms with van der Waals surface area (Å²) in [4.78, 5) is 25.7. The summed E-state index contributed by atoms with van der Waals surface area (Å²) in [7, 11) is 0. The Kier molecular flexibility index (Phi) is 4.38. The van der Waals surface area contributed by atoms with Gasteiger partial charge in [0, 0.05) is 17.1 Å². The number of halogens is 2. The van der Waals surface area contributed by atoms with Crippen molar-refractivity contribution in [2.24, 2.45) is 0 Å². The summed E-state index contributed by atoms with van der Waals surface area (Å²) in [6.45, 7) is 0. The molecule has 0 saturated heterocycles. The number of fused-ring (bicyclic) bond motifs is 1. The van der Waals surface area contributed by atoms with E-state index in [1.807, 2.05) is 0 Å². The summed E-state index contributed by atoms with van der Waals surface area (Å²) in [6, 6.07) is 10.5. The molecule has 26 heavy (non-hydrogen) atoms. The normalized spacial score (nSPS) is 11.5. The fraction of sp³-hybridized carbons (Fsp3) is 0.105. The predicted molar refractivity (Wildman–Crippen MR) is 89.5 cm³/mol. The molecule has 5 nitrogen and oxygen atoms in total. The first-order chi connectivity index (χ1) is 12.3. The number of alkyl halides is 2. The van der Waals surface area contributed by atoms with Crippen molar-refractivity contribution in [1.82, 2.24) is 4.98 Å². The number of hydrogen-bond acceptors (Lipinski definition) is 3. The lowest BCUT2D eigenvalue weighted by Gasteiger charge is -2.19. The first kappa shape index (κ1) is 17.5. The van der Waals surface area contributed by atoms with Crippen LogP contribution in [0.5, 0.6) is 0 Å². The van der Waals surface area contributed by atoms with E-state index in [1.165, 1.54) is 6.07 Å². The van der Waals surface area contributed by atoms with Gasteiger partial charge in [-0.2, -0.15) is 8.78 Å². The van der Waals surface area contributed by atoms with E-state index < -0.39 is 29.1 Å². The van der Waals surface area contributed by atoms with E-state index in [-0.39, 0.29) is 17.4 Å². The lowest BCUT2D eigenvalue weighted by atomic mass is 9.96. The second kappa shape index (κ2) is 6.51. The van der Waals surface area contributed by atoms with Crippen LogP contribution in [0.15, 0.2) is 54.7 Å². The van der Waals surface area contributed by atoms with Gasteiger partial charge in [-0.15, -0.1) is 0 Å². The molecule has 0 saturated carbocycles. The Bertz CT molecular complexity index is 1000. The van der Waals surface area contributed by atoms with Gasteiger partial charge in [-0.1, -0.05) is 36.4 Å². The van der Waals surface area contributed by atoms with Crippen molar-refractivity contribution in [3.05, 3.63) is 77.1 Å². The SMILES string of the molecule is O=C(O)Cc1cnc(C(F)(F)c2ccc(C(=O)O)cc2)c2ccccc12. The second-order valence-corrected chi connectivity index (χ2v) is 5.71. The average molecular weight is 357 g/mol. The van der Waals surface area contributed by atoms with Crippen LogP contribution in [0.3, 0.4) is 0 Å². The number of rotatable bonds is 5. The predicted octanol–water partition coefficient (Wildman–Crippen LogP) is 3.70. The fourth-order valence-corrected chi connectivity index (χ4v) is 2.76. The number of hydrogen-bond donors (Lipinski definition) is 2. The van der Waals surface area contributed by atoms with Crippen molar-refractivity contribution in [2.45, 2.75) is 12.3 Å². The summed E-state index contributed by atoms with van der Waals surface area (Å²) in [6.07, 6.45) is 0.817. The van der Waals surface area contributed by atoms with Gasteiger partial charge in [0.05, 0.1) is 12.0 Å². The zero-order valence-corrected chi connectivity index (χ0v) is 13.3. The topological polar surface area (TPSA) is 87.5 Å². The van der Waals surface area contributed by atoms with Crippen LogP contribution in [0.25, 0.3) is 10.8 Å². The van der Waals surface area contributed by atoms with Crippen LogP contribution in [0.4, 0.5) is 8.78 Å². The molecule has 0 aliphatic rings. The van der Waals surface area contributed by atoms with E-state index in [1.54, 1.807) is 18.2 Å². The maximum absolute atomic E-state index is 15.0. The first-order valence-corrected chi connectivity index (χ1v) is 7.61. The van der Waals surface area contributed by atoms with Crippen LogP contribution >= 0.6 is 0 Å². The molecule has 2 aromatic carbocycles. The number of nitrogens with zero attached hydrogens (tertiary/aromatic N) is 1. The number of aliphatic carboxylic acids is 1. The molecule has 0 aliphatic carbocycles. The van der Waals surface area contributed by atoms with Crippen molar-refractivity contribution in [1.29, 1.82) is 0 Å². The molecule has 3 aromatic rings. The molecule has 3 rings (SSSR count). The average Bonchev–Trinajstić information content (AvgIpc) is 2.61. The number of pyridine rings is 1. The van der Waals surface area contributed by atoms with Gasteiger partial charge in [0.25, 0.3) is 0 Å². The summed E-state index contributed by atoms with van der Waals surface area (Å²) in [5.41, 5.74) is -0.663. The smallest absolute Gasteiger partial charge is 0.335 e. The summed E-state index contributed by atoms with van der Waals surface area (Å²) in [5.74, 6) is -5.76. The van der Waals surface area contributed by atoms with Gasteiger partial charge in [-0.05, 0) is 23.1 Å². The molecule has 0 aliphatic heterocycles. The number of aromatic nitrogens is 1. The molecule has 0 spiro atoms. The summed E-state index contributed by atoms with van der Waals surface area (Å²) in [5, 5.41) is 18.4. The largest absolute Gasteiger partial charge is 0.481 e. The lowest BCUT2D eigenvalue weighted by Crippen LogP contribution is -2.18. The molecule has 1 heterocycles. The van der Waals surface area contributed by atoms with Crippen molar-refractivity contribution >= 4 is 22.7 Å². The highest BCUT2D eigenvalue weighted by atomic mass is 19.3. The minimum absolute atomic E-state index is 0.0980. The van der Waals surface area contributed by atoms with Gasteiger partial charge in [0.2, 0.25) is 0 Å². The van der Waals surface area contributed by atoms with Crippen molar-refractivity contribution in [3.63, 3.8) is 0 Å². The number of carbonyl (C=O) groups is 2. The third kappa shape index (κ3) is 3.11. The quantitative estimate of drug-likeness (QED) is 0.727. The van der Waals surface area contributed by atoms with Crippen LogP contribution in [0.1, 0.15) is 27.2 Å². The Labute approximate surface area is 146 Å². The molecule has 0 atom stereocenters. The molecule has 0 unspecified atom stereocenters. The molecular formula is C19H13F2NO4. The Hall–Kier alpha value is -3.35. The van der Waals surface area contributed by atoms with E-state index in [0.29, 0.717) is 10.9 Å². The molecular weight excluding hydrogens is 344 g/mol. The fourth-order valence-electron chi connectivity index (χ4n) is 2.76. The second-order valence-electron chi connectivity index (χ2n) is 5.71. The highest BCUT2D eigenvalue weighted by Crippen LogP contribution is 2.38. The maximum atomic E-state index is 15.0. The van der Waals surface area contributed by atoms with Crippen molar-refractivity contribution < 1.29 is 28.6 Å². The molecule has 7 heteroatoms. The lowest BCUT2D eigenvalue weighted by molar-refractivity contribution is -0.136. The third-order valence-electron chi connectivity index (χ3n) is 4.01. The Morgan fingerprint density at radius 3 is 2.15 bits per heavy atom. The van der Waals surface area contributed by atoms with E-state index >= 15 is 8.78 Å². The van der Waals surface area contributed by atoms with Gasteiger partial charge in [-0.25, -0.2) is 4.79 Å². The van der Waals surface area contributed by atoms with E-state index in [9.17, 15) is 9.59 Å². The van der Waals surface area contributed by atoms with E-state index in [2.05, 4.69) is 4.98 Å². The van der Waals surface area contributed by atoms with Crippen LogP contribution < -0.4 is 0 Å². The van der Waals surface area contributed by atoms with Crippen LogP contribution in [-0.4, -0.2) is 27.1 Å². The Morgan fingerprint density at radius 2 is 1.58 bits per heavy atom. The molecule has 0 amide bonds. The third-order valence-corrected chi connectivity index (χ3v) is 4.01. The molecule has 132 valence electrons. The van der Waals surface area contributed by atoms with Gasteiger partial charge in [0.15, 0.2) is 0 Å². The highest BCUT2D eigenvalue weighted by molar-refractivity contribution is 5.91. The van der Waals surface area contributed by atoms with Gasteiger partial charge >= 0.3 is 17.9 Å².